The average Bonchev–Trinajstić information content (AvgIpc) is 3.19. The molecule has 2 amide bonds. The van der Waals surface area contributed by atoms with Crippen LogP contribution in [0.5, 0.6) is 0 Å². The molecule has 0 radical (unpaired) electrons. The van der Waals surface area contributed by atoms with Crippen molar-refractivity contribution in [3.8, 4) is 0 Å². The zero-order valence-electron chi connectivity index (χ0n) is 16.6. The zero-order valence-corrected chi connectivity index (χ0v) is 17.4. The van der Waals surface area contributed by atoms with Crippen molar-refractivity contribution >= 4 is 34.4 Å². The first-order valence-corrected chi connectivity index (χ1v) is 10.6. The van der Waals surface area contributed by atoms with Gasteiger partial charge in [0, 0.05) is 43.1 Å². The first-order valence-electron chi connectivity index (χ1n) is 9.01. The lowest BCUT2D eigenvalue weighted by molar-refractivity contribution is -0.129. The van der Waals surface area contributed by atoms with Gasteiger partial charge in [0.1, 0.15) is 11.4 Å². The maximum Gasteiger partial charge on any atom is 0.259 e. The molecule has 2 rings (SSSR count). The van der Waals surface area contributed by atoms with E-state index < -0.39 is 28.1 Å². The van der Waals surface area contributed by atoms with Gasteiger partial charge in [0.2, 0.25) is 6.41 Å². The lowest BCUT2D eigenvalue weighted by atomic mass is 9.99. The molecule has 29 heavy (non-hydrogen) atoms. The van der Waals surface area contributed by atoms with Gasteiger partial charge in [-0.3, -0.25) is 19.0 Å². The van der Waals surface area contributed by atoms with E-state index in [0.29, 0.717) is 6.42 Å². The third-order valence-corrected chi connectivity index (χ3v) is 5.63. The van der Waals surface area contributed by atoms with Gasteiger partial charge in [0.25, 0.3) is 5.91 Å². The summed E-state index contributed by atoms with van der Waals surface area (Å²) in [5.74, 6) is -0.698. The molecule has 0 spiro atoms. The Morgan fingerprint density at radius 2 is 2.14 bits per heavy atom. The Bertz CT molecular complexity index is 848. The quantitative estimate of drug-likeness (QED) is 0.275. The van der Waals surface area contributed by atoms with Crippen LogP contribution in [0.15, 0.2) is 47.8 Å². The monoisotopic (exact) mass is 419 g/mol. The second kappa shape index (κ2) is 10.7. The Labute approximate surface area is 172 Å². The summed E-state index contributed by atoms with van der Waals surface area (Å²) in [6, 6.07) is 7.68. The fourth-order valence-corrected chi connectivity index (χ4v) is 3.77. The number of hydrogen-bond acceptors (Lipinski definition) is 6. The summed E-state index contributed by atoms with van der Waals surface area (Å²) >= 11 is 0. The maximum atomic E-state index is 11.7. The molecule has 0 aromatic heterocycles. The number of rotatable bonds is 9. The number of hydrogen-bond donors (Lipinski definition) is 2. The highest BCUT2D eigenvalue weighted by molar-refractivity contribution is 7.85. The number of oxime groups is 1. The molecule has 1 aromatic carbocycles. The van der Waals surface area contributed by atoms with E-state index in [-0.39, 0.29) is 6.42 Å². The SMILES string of the molecule is C/C=C\C(=C/N(C)C=O)c1ccc(C2=NOC(CC(C(=O)NO)S(C)=O)C2)cc1. The minimum absolute atomic E-state index is 0.187. The summed E-state index contributed by atoms with van der Waals surface area (Å²) in [5.41, 5.74) is 4.98. The molecule has 3 atom stereocenters. The summed E-state index contributed by atoms with van der Waals surface area (Å²) in [4.78, 5) is 29.4. The Balaban J connectivity index is 2.09. The van der Waals surface area contributed by atoms with E-state index in [9.17, 15) is 13.8 Å². The molecule has 0 fully saturated rings. The molecule has 8 nitrogen and oxygen atoms in total. The minimum Gasteiger partial charge on any atom is -0.392 e. The molecule has 9 heteroatoms. The van der Waals surface area contributed by atoms with Gasteiger partial charge in [0.15, 0.2) is 0 Å². The fraction of sp³-hybridized carbons (Fsp3) is 0.350. The third kappa shape index (κ3) is 6.10. The minimum atomic E-state index is -1.45. The van der Waals surface area contributed by atoms with Gasteiger partial charge >= 0.3 is 0 Å². The highest BCUT2D eigenvalue weighted by Crippen LogP contribution is 2.23. The van der Waals surface area contributed by atoms with Crippen molar-refractivity contribution in [1.82, 2.24) is 10.4 Å². The number of nitrogens with zero attached hydrogens (tertiary/aromatic N) is 2. The van der Waals surface area contributed by atoms with E-state index in [0.717, 1.165) is 28.8 Å². The second-order valence-electron chi connectivity index (χ2n) is 6.60. The largest absolute Gasteiger partial charge is 0.392 e. The van der Waals surface area contributed by atoms with Crippen LogP contribution in [-0.2, 0) is 25.2 Å². The Morgan fingerprint density at radius 1 is 1.45 bits per heavy atom. The summed E-state index contributed by atoms with van der Waals surface area (Å²) in [6.45, 7) is 1.90. The average molecular weight is 420 g/mol. The van der Waals surface area contributed by atoms with Gasteiger partial charge in [-0.05, 0) is 23.6 Å². The van der Waals surface area contributed by atoms with Crippen molar-refractivity contribution < 1.29 is 23.8 Å². The normalized spacial score (nSPS) is 18.7. The molecule has 0 saturated carbocycles. The first kappa shape index (κ1) is 22.5. The molecule has 0 bridgehead atoms. The number of carbonyl (C=O) groups excluding carboxylic acids is 2. The number of hydroxylamine groups is 1. The van der Waals surface area contributed by atoms with E-state index in [2.05, 4.69) is 5.16 Å². The van der Waals surface area contributed by atoms with Crippen LogP contribution < -0.4 is 5.48 Å². The number of nitrogens with one attached hydrogen (secondary N) is 1. The highest BCUT2D eigenvalue weighted by Gasteiger charge is 2.31. The predicted octanol–water partition coefficient (Wildman–Crippen LogP) is 1.83. The van der Waals surface area contributed by atoms with Crippen molar-refractivity contribution in [3.63, 3.8) is 0 Å². The molecule has 1 aromatic rings. The maximum absolute atomic E-state index is 11.7. The van der Waals surface area contributed by atoms with Crippen LogP contribution in [0, 0.1) is 0 Å². The number of carbonyl (C=O) groups is 2. The summed E-state index contributed by atoms with van der Waals surface area (Å²) in [6.07, 6.45) is 7.96. The van der Waals surface area contributed by atoms with Gasteiger partial charge in [0.05, 0.1) is 5.71 Å². The molecule has 1 heterocycles. The van der Waals surface area contributed by atoms with Crippen LogP contribution in [0.1, 0.15) is 30.9 Å². The van der Waals surface area contributed by atoms with Crippen LogP contribution >= 0.6 is 0 Å². The van der Waals surface area contributed by atoms with Crippen LogP contribution in [0.4, 0.5) is 0 Å². The Morgan fingerprint density at radius 3 is 2.69 bits per heavy atom. The lowest BCUT2D eigenvalue weighted by Crippen LogP contribution is -2.37. The van der Waals surface area contributed by atoms with Gasteiger partial charge < -0.3 is 9.74 Å². The summed E-state index contributed by atoms with van der Waals surface area (Å²) in [5, 5.41) is 12.0. The van der Waals surface area contributed by atoms with E-state index >= 15 is 0 Å². The summed E-state index contributed by atoms with van der Waals surface area (Å²) < 4.78 is 11.7. The summed E-state index contributed by atoms with van der Waals surface area (Å²) in [7, 11) is 0.224. The van der Waals surface area contributed by atoms with Crippen molar-refractivity contribution in [1.29, 1.82) is 0 Å². The molecular formula is C20H25N3O5S. The van der Waals surface area contributed by atoms with Crippen LogP contribution in [0.25, 0.3) is 5.57 Å². The topological polar surface area (TPSA) is 108 Å². The first-order chi connectivity index (χ1) is 13.9. The Hall–Kier alpha value is -2.78. The van der Waals surface area contributed by atoms with Crippen molar-refractivity contribution in [2.45, 2.75) is 31.1 Å². The number of amides is 2. The smallest absolute Gasteiger partial charge is 0.259 e. The molecule has 0 aliphatic carbocycles. The van der Waals surface area contributed by atoms with Crippen molar-refractivity contribution in [2.75, 3.05) is 13.3 Å². The van der Waals surface area contributed by atoms with Gasteiger partial charge in [-0.1, -0.05) is 41.6 Å². The lowest BCUT2D eigenvalue weighted by Gasteiger charge is -2.15. The molecule has 156 valence electrons. The van der Waals surface area contributed by atoms with E-state index in [1.807, 2.05) is 43.3 Å². The molecule has 1 aliphatic rings. The molecule has 3 unspecified atom stereocenters. The zero-order chi connectivity index (χ0) is 21.4. The van der Waals surface area contributed by atoms with E-state index in [1.54, 1.807) is 18.7 Å². The van der Waals surface area contributed by atoms with Crippen LogP contribution in [-0.4, -0.2) is 57.0 Å². The predicted molar refractivity (Wildman–Crippen MR) is 111 cm³/mol. The Kier molecular flexibility index (Phi) is 8.29. The molecule has 1 aliphatic heterocycles. The van der Waals surface area contributed by atoms with Crippen molar-refractivity contribution in [3.05, 3.63) is 53.7 Å². The van der Waals surface area contributed by atoms with Gasteiger partial charge in [-0.2, -0.15) is 0 Å². The van der Waals surface area contributed by atoms with Gasteiger partial charge in [-0.15, -0.1) is 0 Å². The van der Waals surface area contributed by atoms with E-state index in [4.69, 9.17) is 10.0 Å². The third-order valence-electron chi connectivity index (χ3n) is 4.42. The standard InChI is InChI=1S/C20H25N3O5S/c1-4-5-16(12-23(2)13-24)14-6-8-15(9-7-14)18-10-17(28-22-18)11-19(29(3)27)20(25)21-26/h4-9,12-13,17,19,26H,10-11H2,1-3H3,(H,21,25)/b5-4-,16-12+. The second-order valence-corrected chi connectivity index (χ2v) is 8.17. The number of allylic oxidation sites excluding steroid dienone is 3. The molecule has 2 N–H and O–H groups in total. The molecule has 0 saturated heterocycles. The fourth-order valence-electron chi connectivity index (χ4n) is 2.93. The number of benzene rings is 1. The van der Waals surface area contributed by atoms with Crippen molar-refractivity contribution in [2.24, 2.45) is 5.16 Å². The highest BCUT2D eigenvalue weighted by atomic mass is 32.2. The van der Waals surface area contributed by atoms with E-state index in [1.165, 1.54) is 11.2 Å². The van der Waals surface area contributed by atoms with Crippen LogP contribution in [0.3, 0.4) is 0 Å². The van der Waals surface area contributed by atoms with Crippen LogP contribution in [0.2, 0.25) is 0 Å². The van der Waals surface area contributed by atoms with Gasteiger partial charge in [-0.25, -0.2) is 5.48 Å². The molecular weight excluding hydrogens is 394 g/mol.